The van der Waals surface area contributed by atoms with Crippen LogP contribution in [0.5, 0.6) is 0 Å². The van der Waals surface area contributed by atoms with Crippen LogP contribution in [0.3, 0.4) is 0 Å². The Morgan fingerprint density at radius 3 is 2.90 bits per heavy atom. The molecule has 0 atom stereocenters. The summed E-state index contributed by atoms with van der Waals surface area (Å²) in [6, 6.07) is 2.04. The van der Waals surface area contributed by atoms with Crippen LogP contribution < -0.4 is 16.2 Å². The van der Waals surface area contributed by atoms with Crippen LogP contribution in [-0.2, 0) is 9.84 Å². The molecular weight excluding hydrogens is 310 g/mol. The first-order chi connectivity index (χ1) is 9.98. The van der Waals surface area contributed by atoms with Crippen molar-refractivity contribution in [1.82, 2.24) is 9.97 Å². The second kappa shape index (κ2) is 5.39. The predicted octanol–water partition coefficient (Wildman–Crippen LogP) is 0.910. The standard InChI is InChI=1S/C12H17N5O2S2/c1-8-7-9-10(14-12(16-13)15-11(9)20-8)17-3-2-5-21(18,19)6-4-17/h7H,2-6,13H2,1H3,(H,14,15,16). The summed E-state index contributed by atoms with van der Waals surface area (Å²) in [5, 5.41) is 0.954. The zero-order valence-electron chi connectivity index (χ0n) is 11.7. The Morgan fingerprint density at radius 2 is 2.14 bits per heavy atom. The van der Waals surface area contributed by atoms with E-state index >= 15 is 0 Å². The van der Waals surface area contributed by atoms with Gasteiger partial charge in [-0.05, 0) is 19.4 Å². The zero-order valence-corrected chi connectivity index (χ0v) is 13.3. The van der Waals surface area contributed by atoms with Crippen LogP contribution in [0.4, 0.5) is 11.8 Å². The highest BCUT2D eigenvalue weighted by Gasteiger charge is 2.22. The number of nitrogens with one attached hydrogen (secondary N) is 1. The molecule has 0 bridgehead atoms. The minimum atomic E-state index is -2.95. The van der Waals surface area contributed by atoms with Gasteiger partial charge in [0.15, 0.2) is 9.84 Å². The van der Waals surface area contributed by atoms with Crippen LogP contribution in [-0.4, -0.2) is 43.0 Å². The lowest BCUT2D eigenvalue weighted by Crippen LogP contribution is -2.28. The number of aromatic nitrogens is 2. The van der Waals surface area contributed by atoms with Gasteiger partial charge in [-0.15, -0.1) is 11.3 Å². The maximum Gasteiger partial charge on any atom is 0.240 e. The molecule has 3 N–H and O–H groups in total. The van der Waals surface area contributed by atoms with Gasteiger partial charge in [-0.3, -0.25) is 5.43 Å². The minimum absolute atomic E-state index is 0.160. The van der Waals surface area contributed by atoms with E-state index in [0.29, 0.717) is 25.5 Å². The summed E-state index contributed by atoms with van der Waals surface area (Å²) in [7, 11) is -2.95. The van der Waals surface area contributed by atoms with Gasteiger partial charge in [-0.2, -0.15) is 4.98 Å². The molecule has 7 nitrogen and oxygen atoms in total. The van der Waals surface area contributed by atoms with Crippen LogP contribution in [0.25, 0.3) is 10.2 Å². The predicted molar refractivity (Wildman–Crippen MR) is 85.4 cm³/mol. The van der Waals surface area contributed by atoms with E-state index in [9.17, 15) is 8.42 Å². The summed E-state index contributed by atoms with van der Waals surface area (Å²) in [6.45, 7) is 3.14. The summed E-state index contributed by atoms with van der Waals surface area (Å²) in [5.41, 5.74) is 2.48. The fourth-order valence-electron chi connectivity index (χ4n) is 2.48. The Balaban J connectivity index is 2.06. The molecule has 0 radical (unpaired) electrons. The van der Waals surface area contributed by atoms with E-state index in [2.05, 4.69) is 15.4 Å². The van der Waals surface area contributed by atoms with Gasteiger partial charge in [0.25, 0.3) is 0 Å². The molecule has 1 aliphatic heterocycles. The normalized spacial score (nSPS) is 18.7. The molecular formula is C12H17N5O2S2. The molecule has 0 aliphatic carbocycles. The van der Waals surface area contributed by atoms with Gasteiger partial charge in [0.05, 0.1) is 16.9 Å². The first-order valence-corrected chi connectivity index (χ1v) is 9.32. The highest BCUT2D eigenvalue weighted by molar-refractivity contribution is 7.91. The Hall–Kier alpha value is -1.45. The average molecular weight is 327 g/mol. The number of aryl methyl sites for hydroxylation is 1. The van der Waals surface area contributed by atoms with Crippen molar-refractivity contribution in [3.8, 4) is 0 Å². The van der Waals surface area contributed by atoms with Gasteiger partial charge < -0.3 is 4.90 Å². The summed E-state index contributed by atoms with van der Waals surface area (Å²) < 4.78 is 23.5. The van der Waals surface area contributed by atoms with Gasteiger partial charge in [-0.25, -0.2) is 19.2 Å². The molecule has 0 saturated carbocycles. The third-order valence-electron chi connectivity index (χ3n) is 3.48. The summed E-state index contributed by atoms with van der Waals surface area (Å²) in [5.74, 6) is 6.95. The molecule has 1 saturated heterocycles. The summed E-state index contributed by atoms with van der Waals surface area (Å²) in [6.07, 6.45) is 0.613. The van der Waals surface area contributed by atoms with E-state index in [1.54, 1.807) is 11.3 Å². The topological polar surface area (TPSA) is 101 Å². The lowest BCUT2D eigenvalue weighted by molar-refractivity contribution is 0.597. The van der Waals surface area contributed by atoms with Crippen molar-refractivity contribution < 1.29 is 8.42 Å². The van der Waals surface area contributed by atoms with E-state index in [-0.39, 0.29) is 11.5 Å². The molecule has 0 spiro atoms. The Kier molecular flexibility index (Phi) is 3.72. The first kappa shape index (κ1) is 14.5. The molecule has 2 aromatic rings. The van der Waals surface area contributed by atoms with Gasteiger partial charge >= 0.3 is 0 Å². The number of hydrazine groups is 1. The maximum atomic E-state index is 11.7. The Bertz CT molecular complexity index is 771. The van der Waals surface area contributed by atoms with E-state index in [4.69, 9.17) is 5.84 Å². The summed E-state index contributed by atoms with van der Waals surface area (Å²) >= 11 is 1.57. The molecule has 0 amide bonds. The van der Waals surface area contributed by atoms with Gasteiger partial charge in [0.1, 0.15) is 10.6 Å². The van der Waals surface area contributed by atoms with Crippen LogP contribution in [0.1, 0.15) is 11.3 Å². The van der Waals surface area contributed by atoms with Crippen molar-refractivity contribution in [2.45, 2.75) is 13.3 Å². The quantitative estimate of drug-likeness (QED) is 0.624. The fourth-order valence-corrected chi connectivity index (χ4v) is 4.63. The van der Waals surface area contributed by atoms with Crippen molar-refractivity contribution in [2.24, 2.45) is 5.84 Å². The number of nitrogens with two attached hydrogens (primary N) is 1. The van der Waals surface area contributed by atoms with E-state index in [1.807, 2.05) is 17.9 Å². The number of sulfone groups is 1. The number of nitrogens with zero attached hydrogens (tertiary/aromatic N) is 3. The van der Waals surface area contributed by atoms with Crippen LogP contribution >= 0.6 is 11.3 Å². The monoisotopic (exact) mass is 327 g/mol. The van der Waals surface area contributed by atoms with Crippen molar-refractivity contribution >= 4 is 43.2 Å². The molecule has 9 heteroatoms. The number of hydrogen-bond donors (Lipinski definition) is 2. The first-order valence-electron chi connectivity index (χ1n) is 6.69. The summed E-state index contributed by atoms with van der Waals surface area (Å²) in [4.78, 5) is 12.8. The third-order valence-corrected chi connectivity index (χ3v) is 6.14. The Labute approximate surface area is 127 Å². The SMILES string of the molecule is Cc1cc2c(N3CCCS(=O)(=O)CC3)nc(NN)nc2s1. The molecule has 2 aromatic heterocycles. The van der Waals surface area contributed by atoms with Crippen LogP contribution in [0.2, 0.25) is 0 Å². The minimum Gasteiger partial charge on any atom is -0.355 e. The molecule has 1 fully saturated rings. The molecule has 21 heavy (non-hydrogen) atoms. The molecule has 0 unspecified atom stereocenters. The van der Waals surface area contributed by atoms with Crippen molar-refractivity contribution in [2.75, 3.05) is 34.9 Å². The van der Waals surface area contributed by atoms with E-state index in [0.717, 1.165) is 20.9 Å². The second-order valence-corrected chi connectivity index (χ2v) is 8.62. The molecule has 114 valence electrons. The second-order valence-electron chi connectivity index (χ2n) is 5.08. The van der Waals surface area contributed by atoms with E-state index < -0.39 is 9.84 Å². The van der Waals surface area contributed by atoms with Crippen LogP contribution in [0.15, 0.2) is 6.07 Å². The lowest BCUT2D eigenvalue weighted by atomic mass is 10.3. The highest BCUT2D eigenvalue weighted by atomic mass is 32.2. The number of fused-ring (bicyclic) bond motifs is 1. The van der Waals surface area contributed by atoms with Crippen LogP contribution in [0, 0.1) is 6.92 Å². The number of hydrogen-bond acceptors (Lipinski definition) is 8. The van der Waals surface area contributed by atoms with Crippen molar-refractivity contribution in [3.05, 3.63) is 10.9 Å². The number of anilines is 2. The fraction of sp³-hybridized carbons (Fsp3) is 0.500. The highest BCUT2D eigenvalue weighted by Crippen LogP contribution is 2.32. The van der Waals surface area contributed by atoms with Gasteiger partial charge in [0.2, 0.25) is 5.95 Å². The largest absolute Gasteiger partial charge is 0.355 e. The average Bonchev–Trinajstić information content (AvgIpc) is 2.71. The number of nitrogen functional groups attached to an aromatic ring is 1. The Morgan fingerprint density at radius 1 is 1.33 bits per heavy atom. The lowest BCUT2D eigenvalue weighted by Gasteiger charge is -2.21. The molecule has 1 aliphatic rings. The van der Waals surface area contributed by atoms with Crippen molar-refractivity contribution in [1.29, 1.82) is 0 Å². The smallest absolute Gasteiger partial charge is 0.240 e. The van der Waals surface area contributed by atoms with Crippen molar-refractivity contribution in [3.63, 3.8) is 0 Å². The maximum absolute atomic E-state index is 11.7. The number of rotatable bonds is 2. The van der Waals surface area contributed by atoms with E-state index in [1.165, 1.54) is 0 Å². The number of thiophene rings is 1. The van der Waals surface area contributed by atoms with Gasteiger partial charge in [0, 0.05) is 18.0 Å². The molecule has 3 rings (SSSR count). The van der Waals surface area contributed by atoms with Gasteiger partial charge in [-0.1, -0.05) is 0 Å². The molecule has 0 aromatic carbocycles. The third kappa shape index (κ3) is 2.94. The zero-order chi connectivity index (χ0) is 15.0. The molecule has 3 heterocycles.